The van der Waals surface area contributed by atoms with E-state index >= 15 is 0 Å². The number of carboxylic acid groups (broad SMARTS) is 1. The van der Waals surface area contributed by atoms with E-state index in [9.17, 15) is 9.90 Å². The summed E-state index contributed by atoms with van der Waals surface area (Å²) in [4.78, 5) is 10.8. The fraction of sp³-hybridized carbons (Fsp3) is 0.583. The van der Waals surface area contributed by atoms with Crippen LogP contribution in [0.5, 0.6) is 0 Å². The highest BCUT2D eigenvalue weighted by Crippen LogP contribution is 2.14. The first-order valence-corrected chi connectivity index (χ1v) is 5.64. The standard InChI is InChI=1S/C12H19NO4/c1-7-4-10(17-11(7)12(15)16)6-13-8(2)5-9(3)14/h4,8-9,13-14H,5-6H2,1-3H3,(H,15,16). The molecule has 0 amide bonds. The Hall–Kier alpha value is -1.33. The number of furan rings is 1. The van der Waals surface area contributed by atoms with E-state index < -0.39 is 5.97 Å². The number of nitrogens with one attached hydrogen (secondary N) is 1. The van der Waals surface area contributed by atoms with Gasteiger partial charge in [-0.25, -0.2) is 4.79 Å². The average Bonchev–Trinajstić information content (AvgIpc) is 2.56. The number of hydrogen-bond donors (Lipinski definition) is 3. The first-order chi connectivity index (χ1) is 7.90. The molecule has 3 N–H and O–H groups in total. The van der Waals surface area contributed by atoms with Crippen LogP contribution in [0.15, 0.2) is 10.5 Å². The summed E-state index contributed by atoms with van der Waals surface area (Å²) in [6, 6.07) is 1.86. The van der Waals surface area contributed by atoms with Crippen LogP contribution in [0.1, 0.15) is 42.1 Å². The van der Waals surface area contributed by atoms with Crippen molar-refractivity contribution in [1.82, 2.24) is 5.32 Å². The molecule has 1 aromatic rings. The average molecular weight is 241 g/mol. The third-order valence-electron chi connectivity index (χ3n) is 2.48. The zero-order chi connectivity index (χ0) is 13.0. The van der Waals surface area contributed by atoms with Gasteiger partial charge in [-0.1, -0.05) is 0 Å². The van der Waals surface area contributed by atoms with Gasteiger partial charge in [0.05, 0.1) is 12.6 Å². The molecular weight excluding hydrogens is 222 g/mol. The molecule has 5 heteroatoms. The van der Waals surface area contributed by atoms with Crippen LogP contribution in [-0.2, 0) is 6.54 Å². The first-order valence-electron chi connectivity index (χ1n) is 5.64. The summed E-state index contributed by atoms with van der Waals surface area (Å²) in [7, 11) is 0. The van der Waals surface area contributed by atoms with Gasteiger partial charge < -0.3 is 19.9 Å². The number of carbonyl (C=O) groups is 1. The zero-order valence-corrected chi connectivity index (χ0v) is 10.4. The van der Waals surface area contributed by atoms with Gasteiger partial charge in [0.1, 0.15) is 5.76 Å². The third kappa shape index (κ3) is 4.20. The van der Waals surface area contributed by atoms with Gasteiger partial charge in [-0.15, -0.1) is 0 Å². The lowest BCUT2D eigenvalue weighted by molar-refractivity contribution is 0.0659. The molecule has 96 valence electrons. The molecule has 0 aliphatic rings. The van der Waals surface area contributed by atoms with Crippen molar-refractivity contribution in [2.45, 2.75) is 45.9 Å². The van der Waals surface area contributed by atoms with Gasteiger partial charge in [0.2, 0.25) is 5.76 Å². The van der Waals surface area contributed by atoms with Gasteiger partial charge in [0.25, 0.3) is 0 Å². The molecule has 1 aromatic heterocycles. The molecule has 0 radical (unpaired) electrons. The van der Waals surface area contributed by atoms with Crippen molar-refractivity contribution < 1.29 is 19.4 Å². The number of aliphatic hydroxyl groups excluding tert-OH is 1. The van der Waals surface area contributed by atoms with Crippen molar-refractivity contribution in [3.05, 3.63) is 23.2 Å². The lowest BCUT2D eigenvalue weighted by Gasteiger charge is -2.14. The smallest absolute Gasteiger partial charge is 0.372 e. The lowest BCUT2D eigenvalue weighted by atomic mass is 10.1. The molecule has 1 rings (SSSR count). The Morgan fingerprint density at radius 2 is 2.18 bits per heavy atom. The Morgan fingerprint density at radius 1 is 1.53 bits per heavy atom. The van der Waals surface area contributed by atoms with Crippen LogP contribution in [0.25, 0.3) is 0 Å². The Morgan fingerprint density at radius 3 is 2.65 bits per heavy atom. The van der Waals surface area contributed by atoms with Crippen molar-refractivity contribution in [3.63, 3.8) is 0 Å². The largest absolute Gasteiger partial charge is 0.475 e. The predicted molar refractivity (Wildman–Crippen MR) is 63.0 cm³/mol. The van der Waals surface area contributed by atoms with Crippen LogP contribution in [-0.4, -0.2) is 28.3 Å². The van der Waals surface area contributed by atoms with Crippen LogP contribution >= 0.6 is 0 Å². The Bertz CT molecular complexity index is 384. The minimum atomic E-state index is -1.05. The van der Waals surface area contributed by atoms with E-state index in [4.69, 9.17) is 9.52 Å². The lowest BCUT2D eigenvalue weighted by Crippen LogP contribution is -2.28. The predicted octanol–water partition coefficient (Wildman–Crippen LogP) is 1.54. The van der Waals surface area contributed by atoms with E-state index in [1.165, 1.54) is 0 Å². The van der Waals surface area contributed by atoms with Crippen molar-refractivity contribution in [2.75, 3.05) is 0 Å². The minimum Gasteiger partial charge on any atom is -0.475 e. The van der Waals surface area contributed by atoms with Crippen LogP contribution in [0, 0.1) is 6.92 Å². The van der Waals surface area contributed by atoms with Crippen LogP contribution in [0.2, 0.25) is 0 Å². The SMILES string of the molecule is Cc1cc(CNC(C)CC(C)O)oc1C(=O)O. The topological polar surface area (TPSA) is 82.7 Å². The van der Waals surface area contributed by atoms with Crippen molar-refractivity contribution >= 4 is 5.97 Å². The molecule has 0 aromatic carbocycles. The number of aliphatic hydroxyl groups is 1. The normalized spacial score (nSPS) is 14.6. The summed E-state index contributed by atoms with van der Waals surface area (Å²) in [5.74, 6) is -0.465. The number of aryl methyl sites for hydroxylation is 1. The zero-order valence-electron chi connectivity index (χ0n) is 10.4. The highest BCUT2D eigenvalue weighted by Gasteiger charge is 2.14. The maximum absolute atomic E-state index is 10.8. The monoisotopic (exact) mass is 241 g/mol. The van der Waals surface area contributed by atoms with E-state index in [0.717, 1.165) is 0 Å². The van der Waals surface area contributed by atoms with Crippen LogP contribution < -0.4 is 5.32 Å². The van der Waals surface area contributed by atoms with E-state index in [2.05, 4.69) is 5.32 Å². The quantitative estimate of drug-likeness (QED) is 0.703. The number of carboxylic acids is 1. The Kier molecular flexibility index (Phi) is 4.72. The molecule has 2 unspecified atom stereocenters. The molecule has 0 bridgehead atoms. The molecule has 17 heavy (non-hydrogen) atoms. The second-order valence-corrected chi connectivity index (χ2v) is 4.40. The fourth-order valence-electron chi connectivity index (χ4n) is 1.72. The number of aromatic carboxylic acids is 1. The van der Waals surface area contributed by atoms with Crippen molar-refractivity contribution in [2.24, 2.45) is 0 Å². The molecule has 1 heterocycles. The molecular formula is C12H19NO4. The molecule has 0 aliphatic heterocycles. The van der Waals surface area contributed by atoms with Gasteiger partial charge in [-0.2, -0.15) is 0 Å². The third-order valence-corrected chi connectivity index (χ3v) is 2.48. The van der Waals surface area contributed by atoms with Crippen molar-refractivity contribution in [3.8, 4) is 0 Å². The van der Waals surface area contributed by atoms with Gasteiger partial charge in [0, 0.05) is 11.6 Å². The molecule has 0 saturated heterocycles. The summed E-state index contributed by atoms with van der Waals surface area (Å²) in [5, 5.41) is 21.2. The Balaban J connectivity index is 2.52. The van der Waals surface area contributed by atoms with Gasteiger partial charge in [0.15, 0.2) is 0 Å². The van der Waals surface area contributed by atoms with Crippen molar-refractivity contribution in [1.29, 1.82) is 0 Å². The molecule has 2 atom stereocenters. The highest BCUT2D eigenvalue weighted by molar-refractivity contribution is 5.86. The first kappa shape index (κ1) is 13.7. The molecule has 0 aliphatic carbocycles. The number of hydrogen-bond acceptors (Lipinski definition) is 4. The summed E-state index contributed by atoms with van der Waals surface area (Å²) in [6.45, 7) is 5.86. The summed E-state index contributed by atoms with van der Waals surface area (Å²) >= 11 is 0. The van der Waals surface area contributed by atoms with E-state index in [-0.39, 0.29) is 17.9 Å². The molecule has 0 fully saturated rings. The summed E-state index contributed by atoms with van der Waals surface area (Å²) in [6.07, 6.45) is 0.288. The Labute approximate surface area is 100 Å². The maximum atomic E-state index is 10.8. The van der Waals surface area contributed by atoms with Gasteiger partial charge in [-0.05, 0) is 33.3 Å². The second kappa shape index (κ2) is 5.84. The highest BCUT2D eigenvalue weighted by atomic mass is 16.4. The minimum absolute atomic E-state index is 0.00928. The molecule has 0 saturated carbocycles. The second-order valence-electron chi connectivity index (χ2n) is 4.40. The van der Waals surface area contributed by atoms with E-state index in [0.29, 0.717) is 24.3 Å². The summed E-state index contributed by atoms with van der Waals surface area (Å²) in [5.41, 5.74) is 0.623. The van der Waals surface area contributed by atoms with Gasteiger partial charge >= 0.3 is 5.97 Å². The maximum Gasteiger partial charge on any atom is 0.372 e. The van der Waals surface area contributed by atoms with Crippen LogP contribution in [0.4, 0.5) is 0 Å². The van der Waals surface area contributed by atoms with Gasteiger partial charge in [-0.3, -0.25) is 0 Å². The van der Waals surface area contributed by atoms with E-state index in [1.807, 2.05) is 6.92 Å². The molecule has 5 nitrogen and oxygen atoms in total. The van der Waals surface area contributed by atoms with E-state index in [1.54, 1.807) is 19.9 Å². The summed E-state index contributed by atoms with van der Waals surface area (Å²) < 4.78 is 5.21. The number of rotatable bonds is 6. The fourth-order valence-corrected chi connectivity index (χ4v) is 1.72. The van der Waals surface area contributed by atoms with Crippen LogP contribution in [0.3, 0.4) is 0 Å². The molecule has 0 spiro atoms.